The van der Waals surface area contributed by atoms with Crippen LogP contribution >= 0.6 is 0 Å². The number of carbonyl (C=O) groups is 1. The van der Waals surface area contributed by atoms with E-state index < -0.39 is 17.6 Å². The van der Waals surface area contributed by atoms with Crippen LogP contribution in [-0.2, 0) is 11.0 Å². The lowest BCUT2D eigenvalue weighted by Gasteiger charge is -2.09. The number of benzene rings is 1. The van der Waals surface area contributed by atoms with Gasteiger partial charge >= 0.3 is 6.18 Å². The third-order valence-electron chi connectivity index (χ3n) is 4.00. The molecule has 2 aromatic heterocycles. The topological polar surface area (TPSA) is 99.8 Å². The molecule has 0 bridgehead atoms. The number of alkyl halides is 3. The van der Waals surface area contributed by atoms with Crippen molar-refractivity contribution in [1.82, 2.24) is 19.9 Å². The van der Waals surface area contributed by atoms with Gasteiger partial charge in [-0.2, -0.15) is 13.2 Å². The number of halogens is 3. The lowest BCUT2D eigenvalue weighted by molar-refractivity contribution is -0.137. The largest absolute Gasteiger partial charge is 0.416 e. The van der Waals surface area contributed by atoms with Crippen molar-refractivity contribution in [3.05, 3.63) is 52.7 Å². The van der Waals surface area contributed by atoms with Crippen LogP contribution in [0.2, 0.25) is 0 Å². The van der Waals surface area contributed by atoms with Gasteiger partial charge in [-0.05, 0) is 44.5 Å². The molecule has 0 aliphatic heterocycles. The molecule has 3 rings (SSSR count). The maximum absolute atomic E-state index is 13.0. The highest BCUT2D eigenvalue weighted by molar-refractivity contribution is 6.22. The molecule has 0 radical (unpaired) electrons. The predicted molar refractivity (Wildman–Crippen MR) is 94.5 cm³/mol. The molecule has 28 heavy (non-hydrogen) atoms. The van der Waals surface area contributed by atoms with Gasteiger partial charge in [-0.25, -0.2) is 9.67 Å². The van der Waals surface area contributed by atoms with Crippen LogP contribution in [0.4, 0.5) is 13.2 Å². The molecule has 0 spiro atoms. The molecule has 0 aliphatic rings. The molecule has 0 saturated heterocycles. The van der Waals surface area contributed by atoms with E-state index >= 15 is 0 Å². The van der Waals surface area contributed by atoms with Crippen LogP contribution in [0.1, 0.15) is 28.1 Å². The molecule has 0 unspecified atom stereocenters. The van der Waals surface area contributed by atoms with E-state index in [-0.39, 0.29) is 17.0 Å². The molecular formula is C18H16F3N5O2. The highest BCUT2D eigenvalue weighted by Gasteiger charge is 2.31. The Bertz CT molecular complexity index is 1060. The number of hydrogen-bond acceptors (Lipinski definition) is 5. The number of carbonyl (C=O) groups excluding carboxylic acids is 1. The molecule has 0 saturated carbocycles. The molecule has 0 fully saturated rings. The number of primary amides is 1. The van der Waals surface area contributed by atoms with Crippen molar-refractivity contribution in [1.29, 1.82) is 0 Å². The summed E-state index contributed by atoms with van der Waals surface area (Å²) in [5, 5.41) is 7.92. The lowest BCUT2D eigenvalue weighted by Crippen LogP contribution is -2.14. The second kappa shape index (κ2) is 6.95. The Morgan fingerprint density at radius 1 is 1.21 bits per heavy atom. The number of amides is 1. The summed E-state index contributed by atoms with van der Waals surface area (Å²) in [4.78, 5) is 15.9. The van der Waals surface area contributed by atoms with E-state index in [2.05, 4.69) is 15.2 Å². The average molecular weight is 391 g/mol. The van der Waals surface area contributed by atoms with E-state index in [9.17, 15) is 18.0 Å². The van der Waals surface area contributed by atoms with Crippen LogP contribution in [0.15, 0.2) is 29.0 Å². The third-order valence-corrected chi connectivity index (χ3v) is 4.00. The molecule has 2 heterocycles. The lowest BCUT2D eigenvalue weighted by atomic mass is 10.1. The van der Waals surface area contributed by atoms with E-state index in [1.807, 2.05) is 0 Å². The van der Waals surface area contributed by atoms with Gasteiger partial charge in [0, 0.05) is 11.8 Å². The van der Waals surface area contributed by atoms with Gasteiger partial charge in [-0.1, -0.05) is 5.16 Å². The number of nitrogens with zero attached hydrogens (tertiary/aromatic N) is 4. The van der Waals surface area contributed by atoms with Gasteiger partial charge in [-0.3, -0.25) is 4.79 Å². The monoisotopic (exact) mass is 391 g/mol. The minimum atomic E-state index is -4.48. The highest BCUT2D eigenvalue weighted by atomic mass is 19.4. The van der Waals surface area contributed by atoms with Crippen molar-refractivity contribution >= 4 is 17.7 Å². The molecule has 7 nitrogen and oxygen atoms in total. The molecule has 10 heteroatoms. The zero-order chi connectivity index (χ0) is 20.6. The molecule has 2 N–H and O–H groups in total. The standard InChI is InChI=1S/C18H16F3N5O2/c1-9-4-12(6-13(5-9)18(19,20)21)17-23-8-26(24-17)7-14(16(22)27)15-10(2)25-28-11(15)3/h4-8H,1-3H3,(H2,22,27). The van der Waals surface area contributed by atoms with Crippen LogP contribution in [0.5, 0.6) is 0 Å². The van der Waals surface area contributed by atoms with Gasteiger partial charge in [-0.15, -0.1) is 5.10 Å². The molecule has 1 amide bonds. The summed E-state index contributed by atoms with van der Waals surface area (Å²) in [6, 6.07) is 3.56. The van der Waals surface area contributed by atoms with E-state index in [1.54, 1.807) is 26.8 Å². The smallest absolute Gasteiger partial charge is 0.366 e. The summed E-state index contributed by atoms with van der Waals surface area (Å²) >= 11 is 0. The minimum absolute atomic E-state index is 0.0769. The van der Waals surface area contributed by atoms with Crippen molar-refractivity contribution in [2.75, 3.05) is 0 Å². The highest BCUT2D eigenvalue weighted by Crippen LogP contribution is 2.32. The van der Waals surface area contributed by atoms with Gasteiger partial charge in [0.05, 0.1) is 22.4 Å². The Morgan fingerprint density at radius 3 is 2.50 bits per heavy atom. The fourth-order valence-corrected chi connectivity index (χ4v) is 2.80. The van der Waals surface area contributed by atoms with Crippen molar-refractivity contribution in [2.24, 2.45) is 5.73 Å². The van der Waals surface area contributed by atoms with Crippen molar-refractivity contribution in [3.63, 3.8) is 0 Å². The number of aryl methyl sites for hydroxylation is 3. The maximum Gasteiger partial charge on any atom is 0.416 e. The van der Waals surface area contributed by atoms with Crippen LogP contribution in [0.25, 0.3) is 23.2 Å². The summed E-state index contributed by atoms with van der Waals surface area (Å²) in [7, 11) is 0. The number of aromatic nitrogens is 4. The van der Waals surface area contributed by atoms with Crippen molar-refractivity contribution in [3.8, 4) is 11.4 Å². The number of nitrogens with two attached hydrogens (primary N) is 1. The van der Waals surface area contributed by atoms with Gasteiger partial charge in [0.2, 0.25) is 0 Å². The SMILES string of the molecule is Cc1cc(-c2ncn(C=C(C(N)=O)c3c(C)noc3C)n2)cc(C(F)(F)F)c1. The van der Waals surface area contributed by atoms with Crippen LogP contribution in [0, 0.1) is 20.8 Å². The van der Waals surface area contributed by atoms with Crippen LogP contribution in [0.3, 0.4) is 0 Å². The first-order chi connectivity index (χ1) is 13.1. The Balaban J connectivity index is 2.04. The minimum Gasteiger partial charge on any atom is -0.366 e. The first-order valence-corrected chi connectivity index (χ1v) is 8.11. The first kappa shape index (κ1) is 19.3. The molecule has 0 aliphatic carbocycles. The summed E-state index contributed by atoms with van der Waals surface area (Å²) in [6.45, 7) is 4.84. The van der Waals surface area contributed by atoms with Gasteiger partial charge in [0.25, 0.3) is 5.91 Å². The molecule has 1 aromatic carbocycles. The Labute approximate surface area is 157 Å². The second-order valence-electron chi connectivity index (χ2n) is 6.24. The normalized spacial score (nSPS) is 12.4. The fourth-order valence-electron chi connectivity index (χ4n) is 2.80. The summed E-state index contributed by atoms with van der Waals surface area (Å²) in [5.74, 6) is -0.259. The van der Waals surface area contributed by atoms with Gasteiger partial charge < -0.3 is 10.3 Å². The Kier molecular flexibility index (Phi) is 4.80. The van der Waals surface area contributed by atoms with E-state index in [1.165, 1.54) is 17.2 Å². The first-order valence-electron chi connectivity index (χ1n) is 8.11. The van der Waals surface area contributed by atoms with Crippen LogP contribution in [-0.4, -0.2) is 25.8 Å². The van der Waals surface area contributed by atoms with Crippen LogP contribution < -0.4 is 5.73 Å². The summed E-state index contributed by atoms with van der Waals surface area (Å²) in [6.07, 6.45) is -1.89. The maximum atomic E-state index is 13.0. The van der Waals surface area contributed by atoms with E-state index in [4.69, 9.17) is 10.3 Å². The zero-order valence-corrected chi connectivity index (χ0v) is 15.2. The van der Waals surface area contributed by atoms with Gasteiger partial charge in [0.1, 0.15) is 12.1 Å². The van der Waals surface area contributed by atoms with Crippen molar-refractivity contribution in [2.45, 2.75) is 26.9 Å². The quantitative estimate of drug-likeness (QED) is 0.688. The average Bonchev–Trinajstić information content (AvgIpc) is 3.18. The molecule has 146 valence electrons. The Morgan fingerprint density at radius 2 is 1.93 bits per heavy atom. The summed E-state index contributed by atoms with van der Waals surface area (Å²) < 4.78 is 45.4. The second-order valence-corrected chi connectivity index (χ2v) is 6.24. The van der Waals surface area contributed by atoms with E-state index in [0.717, 1.165) is 12.1 Å². The zero-order valence-electron chi connectivity index (χ0n) is 15.2. The van der Waals surface area contributed by atoms with Gasteiger partial charge in [0.15, 0.2) is 5.82 Å². The third kappa shape index (κ3) is 3.80. The molecule has 3 aromatic rings. The predicted octanol–water partition coefficient (Wildman–Crippen LogP) is 3.36. The van der Waals surface area contributed by atoms with E-state index in [0.29, 0.717) is 22.6 Å². The number of rotatable bonds is 4. The Hall–Kier alpha value is -3.43. The number of hydrogen-bond donors (Lipinski definition) is 1. The summed E-state index contributed by atoms with van der Waals surface area (Å²) in [5.41, 5.74) is 6.28. The molecule has 0 atom stereocenters. The molecular weight excluding hydrogens is 375 g/mol. The van der Waals surface area contributed by atoms with Crippen molar-refractivity contribution < 1.29 is 22.5 Å². The fraction of sp³-hybridized carbons (Fsp3) is 0.222.